The molecule has 3 aromatic carbocycles. The maximum absolute atomic E-state index is 13.5. The van der Waals surface area contributed by atoms with Crippen LogP contribution in [0.3, 0.4) is 0 Å². The number of amides is 2. The van der Waals surface area contributed by atoms with Crippen LogP contribution in [0.2, 0.25) is 0 Å². The topological polar surface area (TPSA) is 96.5 Å². The van der Waals surface area contributed by atoms with Crippen LogP contribution < -0.4 is 5.73 Å². The molecule has 0 radical (unpaired) electrons. The van der Waals surface area contributed by atoms with Crippen molar-refractivity contribution in [3.8, 4) is 0 Å². The fourth-order valence-electron chi connectivity index (χ4n) is 3.54. The van der Waals surface area contributed by atoms with Crippen LogP contribution in [0.1, 0.15) is 37.9 Å². The Morgan fingerprint density at radius 1 is 0.938 bits per heavy atom. The van der Waals surface area contributed by atoms with Crippen molar-refractivity contribution in [2.75, 3.05) is 12.3 Å². The number of hydrogen-bond donors (Lipinski definition) is 2. The summed E-state index contributed by atoms with van der Waals surface area (Å²) in [6.45, 7) is 1.74. The summed E-state index contributed by atoms with van der Waals surface area (Å²) in [7, 11) is 0. The molecule has 160 valence electrons. The number of benzene rings is 3. The van der Waals surface area contributed by atoms with Gasteiger partial charge >= 0.3 is 0 Å². The molecule has 4 rings (SSSR count). The summed E-state index contributed by atoms with van der Waals surface area (Å²) in [5.41, 5.74) is 8.26. The minimum atomic E-state index is -1.03. The molecule has 0 fully saturated rings. The maximum Gasteiger partial charge on any atom is 0.260 e. The van der Waals surface area contributed by atoms with Gasteiger partial charge in [-0.25, -0.2) is 4.98 Å². The number of aliphatic hydroxyl groups excluding tert-OH is 1. The van der Waals surface area contributed by atoms with Crippen molar-refractivity contribution in [1.82, 2.24) is 9.88 Å². The molecule has 6 nitrogen and oxygen atoms in total. The van der Waals surface area contributed by atoms with Crippen LogP contribution in [0.4, 0.5) is 5.82 Å². The van der Waals surface area contributed by atoms with E-state index < -0.39 is 17.9 Å². The number of fused-ring (bicyclic) bond motifs is 1. The largest absolute Gasteiger partial charge is 0.387 e. The molecular formula is C26H23N3O3. The van der Waals surface area contributed by atoms with E-state index >= 15 is 0 Å². The van der Waals surface area contributed by atoms with Gasteiger partial charge in [0.2, 0.25) is 0 Å². The van der Waals surface area contributed by atoms with E-state index in [4.69, 9.17) is 5.73 Å². The van der Waals surface area contributed by atoms with Crippen molar-refractivity contribution < 1.29 is 14.7 Å². The molecule has 0 saturated heterocycles. The van der Waals surface area contributed by atoms with E-state index in [1.807, 2.05) is 25.1 Å². The van der Waals surface area contributed by atoms with Gasteiger partial charge in [-0.1, -0.05) is 54.1 Å². The Morgan fingerprint density at radius 2 is 1.59 bits per heavy atom. The lowest BCUT2D eigenvalue weighted by Gasteiger charge is -2.24. The highest BCUT2D eigenvalue weighted by Crippen LogP contribution is 2.23. The highest BCUT2D eigenvalue weighted by Gasteiger charge is 2.27. The van der Waals surface area contributed by atoms with Gasteiger partial charge in [0.15, 0.2) is 0 Å². The fraction of sp³-hybridized carbons (Fsp3) is 0.115. The Morgan fingerprint density at radius 3 is 2.31 bits per heavy atom. The first kappa shape index (κ1) is 21.2. The zero-order chi connectivity index (χ0) is 22.7. The minimum Gasteiger partial charge on any atom is -0.387 e. The highest BCUT2D eigenvalue weighted by molar-refractivity contribution is 6.11. The first-order chi connectivity index (χ1) is 15.4. The Hall–Kier alpha value is -4.03. The molecule has 0 aliphatic rings. The predicted octanol–water partition coefficient (Wildman–Crippen LogP) is 4.14. The summed E-state index contributed by atoms with van der Waals surface area (Å²) in [4.78, 5) is 32.0. The maximum atomic E-state index is 13.5. The summed E-state index contributed by atoms with van der Waals surface area (Å²) < 4.78 is 0. The summed E-state index contributed by atoms with van der Waals surface area (Å²) >= 11 is 0. The van der Waals surface area contributed by atoms with Crippen molar-refractivity contribution >= 4 is 28.4 Å². The molecule has 0 saturated carbocycles. The van der Waals surface area contributed by atoms with E-state index in [2.05, 4.69) is 4.98 Å². The average Bonchev–Trinajstić information content (AvgIpc) is 2.82. The van der Waals surface area contributed by atoms with Crippen LogP contribution in [-0.2, 0) is 0 Å². The van der Waals surface area contributed by atoms with Gasteiger partial charge < -0.3 is 10.8 Å². The molecule has 0 aliphatic carbocycles. The zero-order valence-corrected chi connectivity index (χ0v) is 17.6. The van der Waals surface area contributed by atoms with Gasteiger partial charge in [-0.2, -0.15) is 0 Å². The number of pyridine rings is 1. The number of carbonyl (C=O) groups excluding carboxylic acids is 2. The van der Waals surface area contributed by atoms with E-state index in [1.165, 1.54) is 0 Å². The third-order valence-electron chi connectivity index (χ3n) is 5.37. The number of nitrogens with two attached hydrogens (primary N) is 1. The van der Waals surface area contributed by atoms with Crippen molar-refractivity contribution in [3.63, 3.8) is 0 Å². The highest BCUT2D eigenvalue weighted by atomic mass is 16.3. The lowest BCUT2D eigenvalue weighted by molar-refractivity contribution is 0.0506. The number of imide groups is 1. The molecule has 3 N–H and O–H groups in total. The van der Waals surface area contributed by atoms with E-state index in [9.17, 15) is 14.7 Å². The summed E-state index contributed by atoms with van der Waals surface area (Å²) in [5, 5.41) is 12.2. The van der Waals surface area contributed by atoms with Crippen molar-refractivity contribution in [2.24, 2.45) is 0 Å². The van der Waals surface area contributed by atoms with Gasteiger partial charge in [-0.05, 0) is 48.2 Å². The molecule has 6 heteroatoms. The number of nitrogens with zero attached hydrogens (tertiary/aromatic N) is 2. The monoisotopic (exact) mass is 425 g/mol. The summed E-state index contributed by atoms with van der Waals surface area (Å²) in [5.74, 6) is -0.696. The van der Waals surface area contributed by atoms with Gasteiger partial charge in [-0.3, -0.25) is 14.5 Å². The summed E-state index contributed by atoms with van der Waals surface area (Å²) in [6.07, 6.45) is 0.574. The minimum absolute atomic E-state index is 0.184. The second kappa shape index (κ2) is 8.99. The average molecular weight is 425 g/mol. The second-order valence-corrected chi connectivity index (χ2v) is 7.65. The smallest absolute Gasteiger partial charge is 0.260 e. The Labute approximate surface area is 185 Å². The fourth-order valence-corrected chi connectivity index (χ4v) is 3.54. The third kappa shape index (κ3) is 4.36. The number of hydrogen-bond acceptors (Lipinski definition) is 5. The number of aromatic nitrogens is 1. The molecule has 0 bridgehead atoms. The third-order valence-corrected chi connectivity index (χ3v) is 5.37. The lowest BCUT2D eigenvalue weighted by atomic mass is 10.0. The molecule has 1 atom stereocenters. The molecular weight excluding hydrogens is 402 g/mol. The molecule has 0 spiro atoms. The number of aryl methyl sites for hydroxylation is 1. The number of carbonyl (C=O) groups is 2. The standard InChI is InChI=1S/C26H23N3O3/c1-17-7-9-20(10-8-17)25(31)29(16-23(30)19-5-3-2-4-6-19)26(32)21-12-11-18-13-14-28-24(27)22(18)15-21/h2-15,23,30H,16H2,1H3,(H2,27,28). The van der Waals surface area contributed by atoms with Crippen LogP contribution in [-0.4, -0.2) is 33.3 Å². The van der Waals surface area contributed by atoms with Gasteiger partial charge in [-0.15, -0.1) is 0 Å². The number of nitrogen functional groups attached to an aromatic ring is 1. The first-order valence-corrected chi connectivity index (χ1v) is 10.2. The Kier molecular flexibility index (Phi) is 5.96. The molecule has 32 heavy (non-hydrogen) atoms. The van der Waals surface area contributed by atoms with Crippen molar-refractivity contribution in [1.29, 1.82) is 0 Å². The van der Waals surface area contributed by atoms with Gasteiger partial charge in [0.1, 0.15) is 5.82 Å². The van der Waals surface area contributed by atoms with E-state index in [-0.39, 0.29) is 12.1 Å². The van der Waals surface area contributed by atoms with E-state index in [0.717, 1.165) is 15.8 Å². The quantitative estimate of drug-likeness (QED) is 0.469. The molecule has 1 aromatic heterocycles. The Balaban J connectivity index is 1.72. The van der Waals surface area contributed by atoms with Gasteiger partial charge in [0.25, 0.3) is 11.8 Å². The molecule has 1 unspecified atom stereocenters. The van der Waals surface area contributed by atoms with Gasteiger partial charge in [0.05, 0.1) is 12.6 Å². The number of aliphatic hydroxyl groups is 1. The van der Waals surface area contributed by atoms with Crippen LogP contribution >= 0.6 is 0 Å². The van der Waals surface area contributed by atoms with Gasteiger partial charge in [0, 0.05) is 22.7 Å². The predicted molar refractivity (Wildman–Crippen MR) is 124 cm³/mol. The Bertz CT molecular complexity index is 1270. The van der Waals surface area contributed by atoms with Crippen molar-refractivity contribution in [3.05, 3.63) is 107 Å². The van der Waals surface area contributed by atoms with Crippen LogP contribution in [0.25, 0.3) is 10.8 Å². The lowest BCUT2D eigenvalue weighted by Crippen LogP contribution is -2.40. The zero-order valence-electron chi connectivity index (χ0n) is 17.6. The first-order valence-electron chi connectivity index (χ1n) is 10.2. The molecule has 4 aromatic rings. The van der Waals surface area contributed by atoms with E-state index in [1.54, 1.807) is 66.9 Å². The van der Waals surface area contributed by atoms with Crippen LogP contribution in [0, 0.1) is 6.92 Å². The van der Waals surface area contributed by atoms with Crippen LogP contribution in [0.15, 0.2) is 85.1 Å². The second-order valence-electron chi connectivity index (χ2n) is 7.65. The normalized spacial score (nSPS) is 11.8. The molecule has 2 amide bonds. The number of rotatable bonds is 5. The van der Waals surface area contributed by atoms with Crippen LogP contribution in [0.5, 0.6) is 0 Å². The van der Waals surface area contributed by atoms with E-state index in [0.29, 0.717) is 22.3 Å². The number of anilines is 1. The van der Waals surface area contributed by atoms with Crippen molar-refractivity contribution in [2.45, 2.75) is 13.0 Å². The SMILES string of the molecule is Cc1ccc(C(=O)N(CC(O)c2ccccc2)C(=O)c2ccc3ccnc(N)c3c2)cc1. The summed E-state index contributed by atoms with van der Waals surface area (Å²) in [6, 6.07) is 22.8. The molecule has 0 aliphatic heterocycles. The molecule has 1 heterocycles.